The second kappa shape index (κ2) is 11.0. The molecular formula is C23H33FN6OS. The highest BCUT2D eigenvalue weighted by atomic mass is 32.1. The zero-order chi connectivity index (χ0) is 22.3. The summed E-state index contributed by atoms with van der Waals surface area (Å²) < 4.78 is 19.2. The van der Waals surface area contributed by atoms with Crippen LogP contribution in [0.4, 0.5) is 27.9 Å². The van der Waals surface area contributed by atoms with Crippen LogP contribution in [0.1, 0.15) is 64.2 Å². The molecule has 0 saturated heterocycles. The average Bonchev–Trinajstić information content (AvgIpc) is 3.04. The molecule has 4 rings (SSSR count). The molecule has 2 fully saturated rings. The van der Waals surface area contributed by atoms with E-state index in [1.165, 1.54) is 38.9 Å². The third-order valence-electron chi connectivity index (χ3n) is 6.26. The maximum atomic E-state index is 14.2. The number of thiol groups is 1. The minimum atomic E-state index is -0.440. The molecule has 0 radical (unpaired) electrons. The van der Waals surface area contributed by atoms with Gasteiger partial charge < -0.3 is 20.7 Å². The number of halogens is 1. The van der Waals surface area contributed by atoms with Gasteiger partial charge in [-0.1, -0.05) is 25.7 Å². The summed E-state index contributed by atoms with van der Waals surface area (Å²) in [6, 6.07) is 5.38. The Balaban J connectivity index is 1.53. The second-order valence-corrected chi connectivity index (χ2v) is 9.49. The van der Waals surface area contributed by atoms with Crippen molar-refractivity contribution in [3.8, 4) is 5.75 Å². The lowest BCUT2D eigenvalue weighted by atomic mass is 9.95. The molecule has 0 aliphatic heterocycles. The van der Waals surface area contributed by atoms with E-state index in [4.69, 9.17) is 4.74 Å². The minimum Gasteiger partial charge on any atom is -0.494 e. The van der Waals surface area contributed by atoms with Crippen molar-refractivity contribution in [3.63, 3.8) is 0 Å². The number of nitrogens with zero attached hydrogens (tertiary/aromatic N) is 3. The van der Waals surface area contributed by atoms with Gasteiger partial charge in [-0.3, -0.25) is 0 Å². The van der Waals surface area contributed by atoms with Gasteiger partial charge in [-0.2, -0.15) is 27.6 Å². The van der Waals surface area contributed by atoms with Crippen LogP contribution in [0, 0.1) is 5.82 Å². The quantitative estimate of drug-likeness (QED) is 0.318. The van der Waals surface area contributed by atoms with Gasteiger partial charge in [-0.15, -0.1) is 0 Å². The van der Waals surface area contributed by atoms with Crippen LogP contribution in [0.5, 0.6) is 5.75 Å². The number of anilines is 4. The van der Waals surface area contributed by atoms with Gasteiger partial charge in [0, 0.05) is 29.1 Å². The van der Waals surface area contributed by atoms with Crippen LogP contribution in [0.3, 0.4) is 0 Å². The average molecular weight is 461 g/mol. The molecule has 174 valence electrons. The van der Waals surface area contributed by atoms with Crippen molar-refractivity contribution < 1.29 is 9.13 Å². The first kappa shape index (κ1) is 22.9. The summed E-state index contributed by atoms with van der Waals surface area (Å²) in [6.45, 7) is 0. The van der Waals surface area contributed by atoms with E-state index in [2.05, 4.69) is 43.5 Å². The van der Waals surface area contributed by atoms with Crippen molar-refractivity contribution in [2.75, 3.05) is 23.1 Å². The lowest BCUT2D eigenvalue weighted by Gasteiger charge is -2.26. The molecule has 2 aliphatic rings. The Morgan fingerprint density at radius 3 is 2.03 bits per heavy atom. The van der Waals surface area contributed by atoms with Crippen LogP contribution in [-0.4, -0.2) is 39.4 Å². The fraction of sp³-hybridized carbons (Fsp3) is 0.609. The molecule has 0 amide bonds. The van der Waals surface area contributed by atoms with E-state index >= 15 is 0 Å². The summed E-state index contributed by atoms with van der Waals surface area (Å²) in [7, 11) is 1.45. The molecule has 0 spiro atoms. The lowest BCUT2D eigenvalue weighted by molar-refractivity contribution is 0.386. The Morgan fingerprint density at radius 1 is 0.844 bits per heavy atom. The van der Waals surface area contributed by atoms with Gasteiger partial charge in [0.05, 0.1) is 7.11 Å². The maximum absolute atomic E-state index is 14.2. The molecule has 0 unspecified atom stereocenters. The van der Waals surface area contributed by atoms with Crippen molar-refractivity contribution in [2.24, 2.45) is 0 Å². The topological polar surface area (TPSA) is 84.0 Å². The van der Waals surface area contributed by atoms with Crippen molar-refractivity contribution in [2.45, 2.75) is 81.5 Å². The highest BCUT2D eigenvalue weighted by Gasteiger charge is 2.21. The van der Waals surface area contributed by atoms with Crippen LogP contribution >= 0.6 is 12.6 Å². The van der Waals surface area contributed by atoms with Crippen molar-refractivity contribution in [1.82, 2.24) is 15.0 Å². The number of rotatable bonds is 7. The second-order valence-electron chi connectivity index (χ2n) is 8.76. The fourth-order valence-electron chi connectivity index (χ4n) is 4.44. The Morgan fingerprint density at radius 2 is 1.44 bits per heavy atom. The highest BCUT2D eigenvalue weighted by Crippen LogP contribution is 2.27. The number of hydrogen-bond acceptors (Lipinski definition) is 8. The van der Waals surface area contributed by atoms with E-state index in [0.29, 0.717) is 40.9 Å². The Kier molecular flexibility index (Phi) is 7.89. The summed E-state index contributed by atoms with van der Waals surface area (Å²) in [6.07, 6.45) is 11.5. The maximum Gasteiger partial charge on any atom is 0.233 e. The first-order valence-electron chi connectivity index (χ1n) is 11.7. The molecule has 2 saturated carbocycles. The van der Waals surface area contributed by atoms with Gasteiger partial charge in [0.25, 0.3) is 0 Å². The normalized spacial score (nSPS) is 22.1. The molecule has 0 atom stereocenters. The van der Waals surface area contributed by atoms with Crippen LogP contribution in [0.25, 0.3) is 0 Å². The van der Waals surface area contributed by atoms with Crippen molar-refractivity contribution in [1.29, 1.82) is 0 Å². The SMILES string of the molecule is COc1ccc(Nc2nc(NC3CCCCCC3)nc(NC3CCC(S)CC3)n2)cc1F. The molecule has 1 aromatic carbocycles. The summed E-state index contributed by atoms with van der Waals surface area (Å²) in [5.41, 5.74) is 0.552. The zero-order valence-corrected chi connectivity index (χ0v) is 19.5. The summed E-state index contributed by atoms with van der Waals surface area (Å²) in [5.74, 6) is 1.23. The Labute approximate surface area is 194 Å². The fourth-order valence-corrected chi connectivity index (χ4v) is 4.74. The van der Waals surface area contributed by atoms with E-state index in [-0.39, 0.29) is 5.75 Å². The van der Waals surface area contributed by atoms with E-state index in [1.54, 1.807) is 12.1 Å². The van der Waals surface area contributed by atoms with E-state index < -0.39 is 5.82 Å². The van der Waals surface area contributed by atoms with Gasteiger partial charge in [-0.25, -0.2) is 4.39 Å². The van der Waals surface area contributed by atoms with Gasteiger partial charge in [0.2, 0.25) is 17.8 Å². The zero-order valence-electron chi connectivity index (χ0n) is 18.6. The van der Waals surface area contributed by atoms with Gasteiger partial charge >= 0.3 is 0 Å². The smallest absolute Gasteiger partial charge is 0.233 e. The van der Waals surface area contributed by atoms with Crippen molar-refractivity contribution >= 4 is 36.2 Å². The van der Waals surface area contributed by atoms with Gasteiger partial charge in [-0.05, 0) is 50.7 Å². The van der Waals surface area contributed by atoms with Gasteiger partial charge in [0.15, 0.2) is 11.6 Å². The highest BCUT2D eigenvalue weighted by molar-refractivity contribution is 7.80. The standard InChI is InChI=1S/C23H33FN6OS/c1-31-20-13-10-17(14-19(20)24)27-23-29-21(25-15-6-4-2-3-5-7-15)28-22(30-23)26-16-8-11-18(32)12-9-16/h10,13-16,18,32H,2-9,11-12H2,1H3,(H3,25,26,27,28,29,30). The van der Waals surface area contributed by atoms with Crippen LogP contribution in [-0.2, 0) is 0 Å². The molecule has 32 heavy (non-hydrogen) atoms. The van der Waals surface area contributed by atoms with Gasteiger partial charge in [0.1, 0.15) is 0 Å². The Hall–Kier alpha value is -2.29. The number of nitrogens with one attached hydrogen (secondary N) is 3. The van der Waals surface area contributed by atoms with E-state index in [1.807, 2.05) is 0 Å². The largest absolute Gasteiger partial charge is 0.494 e. The molecule has 7 nitrogen and oxygen atoms in total. The molecule has 3 N–H and O–H groups in total. The first-order valence-corrected chi connectivity index (χ1v) is 12.2. The van der Waals surface area contributed by atoms with E-state index in [0.717, 1.165) is 38.5 Å². The summed E-state index contributed by atoms with van der Waals surface area (Å²) in [5, 5.41) is 10.6. The predicted molar refractivity (Wildman–Crippen MR) is 130 cm³/mol. The molecule has 2 aromatic rings. The third kappa shape index (κ3) is 6.37. The molecule has 0 bridgehead atoms. The number of ether oxygens (including phenoxy) is 1. The van der Waals surface area contributed by atoms with Crippen molar-refractivity contribution in [3.05, 3.63) is 24.0 Å². The molecule has 1 aromatic heterocycles. The number of benzene rings is 1. The first-order chi connectivity index (χ1) is 15.6. The van der Waals surface area contributed by atoms with E-state index in [9.17, 15) is 4.39 Å². The lowest BCUT2D eigenvalue weighted by Crippen LogP contribution is -2.28. The third-order valence-corrected chi connectivity index (χ3v) is 6.78. The van der Waals surface area contributed by atoms with Crippen LogP contribution in [0.15, 0.2) is 18.2 Å². The summed E-state index contributed by atoms with van der Waals surface area (Å²) in [4.78, 5) is 13.8. The minimum absolute atomic E-state index is 0.198. The predicted octanol–water partition coefficient (Wildman–Crippen LogP) is 5.55. The number of hydrogen-bond donors (Lipinski definition) is 4. The molecular weight excluding hydrogens is 427 g/mol. The molecule has 9 heteroatoms. The van der Waals surface area contributed by atoms with Crippen LogP contribution in [0.2, 0.25) is 0 Å². The number of aromatic nitrogens is 3. The molecule has 1 heterocycles. The number of methoxy groups -OCH3 is 1. The molecule has 2 aliphatic carbocycles. The van der Waals surface area contributed by atoms with Crippen LogP contribution < -0.4 is 20.7 Å². The summed E-state index contributed by atoms with van der Waals surface area (Å²) >= 11 is 4.59. The monoisotopic (exact) mass is 460 g/mol. The Bertz CT molecular complexity index is 885.